The van der Waals surface area contributed by atoms with Gasteiger partial charge in [-0.25, -0.2) is 9.37 Å². The standard InChI is InChI=1S/C14H15ClFN3O/c1-2-4-8-13(17)18-12(19-14(8)20)7-9-10(15)5-3-6-11(9)16/h3,5-6H,2,4,7H2,1H3,(H3,17,18,19,20). The summed E-state index contributed by atoms with van der Waals surface area (Å²) in [6.45, 7) is 1.95. The molecule has 0 aliphatic heterocycles. The van der Waals surface area contributed by atoms with Crippen molar-refractivity contribution in [3.63, 3.8) is 0 Å². The minimum Gasteiger partial charge on any atom is -0.383 e. The highest BCUT2D eigenvalue weighted by Crippen LogP contribution is 2.21. The number of aromatic amines is 1. The summed E-state index contributed by atoms with van der Waals surface area (Å²) in [7, 11) is 0. The lowest BCUT2D eigenvalue weighted by Crippen LogP contribution is -2.20. The number of halogens is 2. The van der Waals surface area contributed by atoms with Crippen LogP contribution in [-0.2, 0) is 12.8 Å². The Morgan fingerprint density at radius 3 is 2.75 bits per heavy atom. The summed E-state index contributed by atoms with van der Waals surface area (Å²) in [4.78, 5) is 18.7. The predicted octanol–water partition coefficient (Wildman–Crippen LogP) is 2.69. The van der Waals surface area contributed by atoms with Crippen molar-refractivity contribution >= 4 is 17.4 Å². The van der Waals surface area contributed by atoms with Crippen molar-refractivity contribution in [1.82, 2.24) is 9.97 Å². The van der Waals surface area contributed by atoms with E-state index in [0.717, 1.165) is 6.42 Å². The molecule has 2 rings (SSSR count). The summed E-state index contributed by atoms with van der Waals surface area (Å²) in [5.74, 6) is 0.0637. The quantitative estimate of drug-likeness (QED) is 0.911. The molecule has 0 amide bonds. The molecular formula is C14H15ClFN3O. The second-order valence-corrected chi connectivity index (χ2v) is 4.91. The van der Waals surface area contributed by atoms with Crippen molar-refractivity contribution in [3.05, 3.63) is 56.3 Å². The molecule has 4 nitrogen and oxygen atoms in total. The van der Waals surface area contributed by atoms with E-state index in [2.05, 4.69) is 9.97 Å². The third-order valence-electron chi connectivity index (χ3n) is 3.00. The highest BCUT2D eigenvalue weighted by Gasteiger charge is 2.12. The van der Waals surface area contributed by atoms with E-state index in [4.69, 9.17) is 17.3 Å². The first-order chi connectivity index (χ1) is 9.52. The molecule has 0 fully saturated rings. The Kier molecular flexibility index (Phi) is 4.39. The van der Waals surface area contributed by atoms with Crippen molar-refractivity contribution in [1.29, 1.82) is 0 Å². The van der Waals surface area contributed by atoms with Gasteiger partial charge in [0.1, 0.15) is 17.5 Å². The molecule has 2 aromatic rings. The fourth-order valence-corrected chi connectivity index (χ4v) is 2.24. The number of nitrogen functional groups attached to an aromatic ring is 1. The lowest BCUT2D eigenvalue weighted by atomic mass is 10.1. The first-order valence-electron chi connectivity index (χ1n) is 6.33. The van der Waals surface area contributed by atoms with Crippen molar-refractivity contribution in [2.75, 3.05) is 5.73 Å². The highest BCUT2D eigenvalue weighted by atomic mass is 35.5. The number of hydrogen-bond acceptors (Lipinski definition) is 3. The fraction of sp³-hybridized carbons (Fsp3) is 0.286. The lowest BCUT2D eigenvalue weighted by molar-refractivity contribution is 0.612. The van der Waals surface area contributed by atoms with Crippen LogP contribution in [0.25, 0.3) is 0 Å². The van der Waals surface area contributed by atoms with Crippen LogP contribution in [0.4, 0.5) is 10.2 Å². The largest absolute Gasteiger partial charge is 0.383 e. The predicted molar refractivity (Wildman–Crippen MR) is 77.5 cm³/mol. The van der Waals surface area contributed by atoms with E-state index in [9.17, 15) is 9.18 Å². The SMILES string of the molecule is CCCc1c(N)nc(Cc2c(F)cccc2Cl)[nH]c1=O. The number of rotatable bonds is 4. The number of nitrogens with two attached hydrogens (primary N) is 1. The molecule has 1 aromatic carbocycles. The normalized spacial score (nSPS) is 10.8. The number of benzene rings is 1. The summed E-state index contributed by atoms with van der Waals surface area (Å²) >= 11 is 5.95. The molecule has 0 atom stereocenters. The van der Waals surface area contributed by atoms with Gasteiger partial charge in [0.15, 0.2) is 0 Å². The van der Waals surface area contributed by atoms with Gasteiger partial charge in [-0.2, -0.15) is 0 Å². The van der Waals surface area contributed by atoms with Crippen LogP contribution in [-0.4, -0.2) is 9.97 Å². The molecule has 0 aliphatic carbocycles. The minimum atomic E-state index is -0.434. The molecule has 106 valence electrons. The van der Waals surface area contributed by atoms with E-state index in [1.165, 1.54) is 12.1 Å². The van der Waals surface area contributed by atoms with Gasteiger partial charge in [0.25, 0.3) is 5.56 Å². The van der Waals surface area contributed by atoms with Gasteiger partial charge >= 0.3 is 0 Å². The molecule has 3 N–H and O–H groups in total. The van der Waals surface area contributed by atoms with Crippen LogP contribution in [0.3, 0.4) is 0 Å². The number of anilines is 1. The van der Waals surface area contributed by atoms with Crippen LogP contribution in [0.1, 0.15) is 30.3 Å². The molecule has 0 unspecified atom stereocenters. The Hall–Kier alpha value is -1.88. The second-order valence-electron chi connectivity index (χ2n) is 4.50. The smallest absolute Gasteiger partial charge is 0.256 e. The van der Waals surface area contributed by atoms with E-state index in [-0.39, 0.29) is 17.8 Å². The van der Waals surface area contributed by atoms with E-state index in [1.807, 2.05) is 6.92 Å². The van der Waals surface area contributed by atoms with Gasteiger partial charge < -0.3 is 10.7 Å². The lowest BCUT2D eigenvalue weighted by Gasteiger charge is -2.08. The van der Waals surface area contributed by atoms with Gasteiger partial charge in [0.2, 0.25) is 0 Å². The van der Waals surface area contributed by atoms with Crippen molar-refractivity contribution in [2.45, 2.75) is 26.2 Å². The Morgan fingerprint density at radius 2 is 2.15 bits per heavy atom. The molecular weight excluding hydrogens is 281 g/mol. The van der Waals surface area contributed by atoms with E-state index in [1.54, 1.807) is 6.07 Å². The fourth-order valence-electron chi connectivity index (χ4n) is 2.01. The summed E-state index contributed by atoms with van der Waals surface area (Å²) in [5.41, 5.74) is 6.26. The molecule has 0 bridgehead atoms. The zero-order valence-corrected chi connectivity index (χ0v) is 11.8. The molecule has 6 heteroatoms. The molecule has 0 aliphatic rings. The number of aromatic nitrogens is 2. The third-order valence-corrected chi connectivity index (χ3v) is 3.36. The number of H-pyrrole nitrogens is 1. The summed E-state index contributed by atoms with van der Waals surface area (Å²) in [5, 5.41) is 0.295. The third kappa shape index (κ3) is 2.99. The van der Waals surface area contributed by atoms with E-state index < -0.39 is 5.82 Å². The molecule has 1 heterocycles. The van der Waals surface area contributed by atoms with Crippen molar-refractivity contribution in [2.24, 2.45) is 0 Å². The molecule has 1 aromatic heterocycles. The zero-order chi connectivity index (χ0) is 14.7. The van der Waals surface area contributed by atoms with Gasteiger partial charge in [-0.1, -0.05) is 31.0 Å². The Morgan fingerprint density at radius 1 is 1.40 bits per heavy atom. The summed E-state index contributed by atoms with van der Waals surface area (Å²) < 4.78 is 13.7. The number of nitrogens with zero attached hydrogens (tertiary/aromatic N) is 1. The summed E-state index contributed by atoms with van der Waals surface area (Å²) in [6.07, 6.45) is 1.46. The first-order valence-corrected chi connectivity index (χ1v) is 6.71. The summed E-state index contributed by atoms with van der Waals surface area (Å²) in [6, 6.07) is 4.43. The maximum absolute atomic E-state index is 13.7. The molecule has 0 saturated heterocycles. The molecule has 0 radical (unpaired) electrons. The van der Waals surface area contributed by atoms with E-state index in [0.29, 0.717) is 28.4 Å². The second kappa shape index (κ2) is 6.05. The van der Waals surface area contributed by atoms with Crippen LogP contribution in [0.5, 0.6) is 0 Å². The monoisotopic (exact) mass is 295 g/mol. The number of hydrogen-bond donors (Lipinski definition) is 2. The molecule has 0 spiro atoms. The first kappa shape index (κ1) is 14.5. The minimum absolute atomic E-state index is 0.0946. The Balaban J connectivity index is 2.38. The molecule has 0 saturated carbocycles. The van der Waals surface area contributed by atoms with Crippen LogP contribution in [0.15, 0.2) is 23.0 Å². The highest BCUT2D eigenvalue weighted by molar-refractivity contribution is 6.31. The van der Waals surface area contributed by atoms with Crippen LogP contribution >= 0.6 is 11.6 Å². The van der Waals surface area contributed by atoms with Crippen molar-refractivity contribution < 1.29 is 4.39 Å². The van der Waals surface area contributed by atoms with E-state index >= 15 is 0 Å². The maximum atomic E-state index is 13.7. The van der Waals surface area contributed by atoms with Gasteiger partial charge in [-0.3, -0.25) is 4.79 Å². The Labute approximate surface area is 120 Å². The van der Waals surface area contributed by atoms with Gasteiger partial charge in [-0.15, -0.1) is 0 Å². The maximum Gasteiger partial charge on any atom is 0.256 e. The number of nitrogens with one attached hydrogen (secondary N) is 1. The molecule has 20 heavy (non-hydrogen) atoms. The van der Waals surface area contributed by atoms with Crippen molar-refractivity contribution in [3.8, 4) is 0 Å². The van der Waals surface area contributed by atoms with Gasteiger partial charge in [0.05, 0.1) is 5.56 Å². The van der Waals surface area contributed by atoms with Crippen LogP contribution in [0, 0.1) is 5.82 Å². The Bertz CT molecular complexity index is 664. The zero-order valence-electron chi connectivity index (χ0n) is 11.0. The van der Waals surface area contributed by atoms with Crippen LogP contribution in [0.2, 0.25) is 5.02 Å². The van der Waals surface area contributed by atoms with Crippen LogP contribution < -0.4 is 11.3 Å². The average Bonchev–Trinajstić information content (AvgIpc) is 2.38. The average molecular weight is 296 g/mol. The van der Waals surface area contributed by atoms with Gasteiger partial charge in [-0.05, 0) is 18.6 Å². The topological polar surface area (TPSA) is 71.8 Å². The van der Waals surface area contributed by atoms with Gasteiger partial charge in [0, 0.05) is 17.0 Å².